The van der Waals surface area contributed by atoms with Crippen LogP contribution in [0.4, 0.5) is 4.39 Å². The fourth-order valence-corrected chi connectivity index (χ4v) is 2.43. The van der Waals surface area contributed by atoms with Gasteiger partial charge in [-0.05, 0) is 31.6 Å². The molecule has 0 amide bonds. The first kappa shape index (κ1) is 12.0. The van der Waals surface area contributed by atoms with Crippen molar-refractivity contribution in [2.75, 3.05) is 26.2 Å². The average molecular weight is 287 g/mol. The molecular weight excluding hydrogens is 271 g/mol. The first-order valence-corrected chi connectivity index (χ1v) is 6.42. The van der Waals surface area contributed by atoms with Crippen LogP contribution in [-0.4, -0.2) is 31.1 Å². The molecule has 0 bridgehead atoms. The smallest absolute Gasteiger partial charge is 0.128 e. The van der Waals surface area contributed by atoms with Crippen molar-refractivity contribution in [3.05, 3.63) is 34.1 Å². The van der Waals surface area contributed by atoms with Gasteiger partial charge in [-0.2, -0.15) is 0 Å². The summed E-state index contributed by atoms with van der Waals surface area (Å²) in [7, 11) is 0. The van der Waals surface area contributed by atoms with E-state index in [9.17, 15) is 4.39 Å². The molecule has 16 heavy (non-hydrogen) atoms. The summed E-state index contributed by atoms with van der Waals surface area (Å²) in [6.45, 7) is 4.77. The minimum absolute atomic E-state index is 0.119. The van der Waals surface area contributed by atoms with E-state index >= 15 is 0 Å². The zero-order valence-electron chi connectivity index (χ0n) is 9.18. The second-order valence-corrected chi connectivity index (χ2v) is 4.93. The van der Waals surface area contributed by atoms with E-state index in [1.54, 1.807) is 6.07 Å². The second kappa shape index (κ2) is 5.75. The Hall–Kier alpha value is -0.450. The molecule has 2 rings (SSSR count). The van der Waals surface area contributed by atoms with Gasteiger partial charge in [0.15, 0.2) is 0 Å². The maximum atomic E-state index is 13.6. The summed E-state index contributed by atoms with van der Waals surface area (Å²) in [5.74, 6) is -0.119. The minimum atomic E-state index is -0.119. The predicted octanol–water partition coefficient (Wildman–Crippen LogP) is 2.38. The van der Waals surface area contributed by atoms with E-state index in [1.165, 1.54) is 6.07 Å². The van der Waals surface area contributed by atoms with E-state index in [0.29, 0.717) is 6.54 Å². The quantitative estimate of drug-likeness (QED) is 0.898. The maximum absolute atomic E-state index is 13.6. The third-order valence-corrected chi connectivity index (χ3v) is 3.62. The summed E-state index contributed by atoms with van der Waals surface area (Å²) in [4.78, 5) is 2.29. The Morgan fingerprint density at radius 1 is 1.31 bits per heavy atom. The van der Waals surface area contributed by atoms with Crippen LogP contribution in [0.15, 0.2) is 22.7 Å². The number of hydrogen-bond donors (Lipinski definition) is 1. The zero-order valence-corrected chi connectivity index (χ0v) is 10.8. The van der Waals surface area contributed by atoms with Crippen LogP contribution in [0.3, 0.4) is 0 Å². The molecule has 0 unspecified atom stereocenters. The van der Waals surface area contributed by atoms with Crippen molar-refractivity contribution in [2.45, 2.75) is 13.0 Å². The van der Waals surface area contributed by atoms with Gasteiger partial charge in [-0.25, -0.2) is 4.39 Å². The molecule has 1 aliphatic rings. The highest BCUT2D eigenvalue weighted by Crippen LogP contribution is 2.21. The Labute approximate surface area is 104 Å². The van der Waals surface area contributed by atoms with Crippen LogP contribution in [-0.2, 0) is 6.54 Å². The Morgan fingerprint density at radius 2 is 2.19 bits per heavy atom. The van der Waals surface area contributed by atoms with Crippen LogP contribution in [0.1, 0.15) is 12.0 Å². The molecule has 1 saturated heterocycles. The predicted molar refractivity (Wildman–Crippen MR) is 66.9 cm³/mol. The molecule has 0 spiro atoms. The Kier molecular flexibility index (Phi) is 4.32. The lowest BCUT2D eigenvalue weighted by Gasteiger charge is -2.20. The van der Waals surface area contributed by atoms with Crippen LogP contribution in [0.2, 0.25) is 0 Å². The first-order chi connectivity index (χ1) is 7.77. The highest BCUT2D eigenvalue weighted by molar-refractivity contribution is 9.10. The van der Waals surface area contributed by atoms with Gasteiger partial charge in [-0.1, -0.05) is 22.0 Å². The summed E-state index contributed by atoms with van der Waals surface area (Å²) in [6.07, 6.45) is 1.13. The third-order valence-electron chi connectivity index (χ3n) is 2.88. The molecule has 4 heteroatoms. The lowest BCUT2D eigenvalue weighted by Crippen LogP contribution is -2.28. The van der Waals surface area contributed by atoms with Gasteiger partial charge in [0.25, 0.3) is 0 Å². The highest BCUT2D eigenvalue weighted by Gasteiger charge is 2.13. The monoisotopic (exact) mass is 286 g/mol. The van der Waals surface area contributed by atoms with Crippen molar-refractivity contribution in [1.29, 1.82) is 0 Å². The first-order valence-electron chi connectivity index (χ1n) is 5.63. The minimum Gasteiger partial charge on any atom is -0.315 e. The van der Waals surface area contributed by atoms with Gasteiger partial charge < -0.3 is 5.32 Å². The number of rotatable bonds is 2. The van der Waals surface area contributed by atoms with Crippen molar-refractivity contribution >= 4 is 15.9 Å². The topological polar surface area (TPSA) is 15.3 Å². The van der Waals surface area contributed by atoms with Gasteiger partial charge in [-0.3, -0.25) is 4.90 Å². The number of benzene rings is 1. The van der Waals surface area contributed by atoms with Gasteiger partial charge in [0, 0.05) is 29.7 Å². The van der Waals surface area contributed by atoms with Crippen LogP contribution >= 0.6 is 15.9 Å². The molecule has 1 aromatic carbocycles. The molecule has 1 aromatic rings. The molecule has 1 heterocycles. The number of halogens is 2. The molecule has 0 atom stereocenters. The van der Waals surface area contributed by atoms with Crippen LogP contribution in [0.5, 0.6) is 0 Å². The Morgan fingerprint density at radius 3 is 3.00 bits per heavy atom. The Bertz CT molecular complexity index is 329. The molecule has 0 saturated carbocycles. The summed E-state index contributed by atoms with van der Waals surface area (Å²) in [5, 5.41) is 3.35. The van der Waals surface area contributed by atoms with Crippen LogP contribution < -0.4 is 5.32 Å². The van der Waals surface area contributed by atoms with E-state index in [-0.39, 0.29) is 5.82 Å². The van der Waals surface area contributed by atoms with Gasteiger partial charge in [-0.15, -0.1) is 0 Å². The fraction of sp³-hybridized carbons (Fsp3) is 0.500. The van der Waals surface area contributed by atoms with E-state index in [2.05, 4.69) is 26.1 Å². The lowest BCUT2D eigenvalue weighted by atomic mass is 10.2. The normalized spacial score (nSPS) is 18.4. The van der Waals surface area contributed by atoms with Crippen LogP contribution in [0, 0.1) is 5.82 Å². The number of nitrogens with zero attached hydrogens (tertiary/aromatic N) is 1. The highest BCUT2D eigenvalue weighted by atomic mass is 79.9. The van der Waals surface area contributed by atoms with E-state index < -0.39 is 0 Å². The number of hydrogen-bond acceptors (Lipinski definition) is 2. The molecule has 0 aliphatic carbocycles. The average Bonchev–Trinajstić information content (AvgIpc) is 2.52. The van der Waals surface area contributed by atoms with E-state index in [4.69, 9.17) is 0 Å². The molecule has 0 radical (unpaired) electrons. The largest absolute Gasteiger partial charge is 0.315 e. The summed E-state index contributed by atoms with van der Waals surface area (Å²) in [6, 6.07) is 5.15. The summed E-state index contributed by atoms with van der Waals surface area (Å²) in [5.41, 5.74) is 0.768. The zero-order chi connectivity index (χ0) is 11.4. The molecular formula is C12H16BrFN2. The van der Waals surface area contributed by atoms with Crippen molar-refractivity contribution in [3.63, 3.8) is 0 Å². The molecule has 88 valence electrons. The SMILES string of the molecule is Fc1cccc(Br)c1CN1CCCNCC1. The van der Waals surface area contributed by atoms with Gasteiger partial charge in [0.2, 0.25) is 0 Å². The summed E-state index contributed by atoms with van der Waals surface area (Å²) < 4.78 is 14.5. The molecule has 1 N–H and O–H groups in total. The third kappa shape index (κ3) is 3.03. The number of nitrogens with one attached hydrogen (secondary N) is 1. The summed E-state index contributed by atoms with van der Waals surface area (Å²) >= 11 is 3.41. The van der Waals surface area contributed by atoms with Crippen molar-refractivity contribution in [2.24, 2.45) is 0 Å². The molecule has 0 aromatic heterocycles. The van der Waals surface area contributed by atoms with E-state index in [0.717, 1.165) is 42.6 Å². The van der Waals surface area contributed by atoms with Gasteiger partial charge in [0.05, 0.1) is 0 Å². The molecule has 1 fully saturated rings. The van der Waals surface area contributed by atoms with Crippen molar-refractivity contribution in [3.8, 4) is 0 Å². The van der Waals surface area contributed by atoms with Crippen molar-refractivity contribution in [1.82, 2.24) is 10.2 Å². The maximum Gasteiger partial charge on any atom is 0.128 e. The fourth-order valence-electron chi connectivity index (χ4n) is 1.97. The van der Waals surface area contributed by atoms with Gasteiger partial charge in [0.1, 0.15) is 5.82 Å². The molecule has 1 aliphatic heterocycles. The van der Waals surface area contributed by atoms with Crippen molar-refractivity contribution < 1.29 is 4.39 Å². The Balaban J connectivity index is 2.07. The second-order valence-electron chi connectivity index (χ2n) is 4.08. The lowest BCUT2D eigenvalue weighted by molar-refractivity contribution is 0.279. The molecule has 2 nitrogen and oxygen atoms in total. The van der Waals surface area contributed by atoms with Crippen LogP contribution in [0.25, 0.3) is 0 Å². The van der Waals surface area contributed by atoms with E-state index in [1.807, 2.05) is 6.07 Å². The van der Waals surface area contributed by atoms with Gasteiger partial charge >= 0.3 is 0 Å². The standard InChI is InChI=1S/C12H16BrFN2/c13-11-3-1-4-12(14)10(11)9-16-7-2-5-15-6-8-16/h1,3-4,15H,2,5-9H2.